The van der Waals surface area contributed by atoms with E-state index in [0.717, 1.165) is 6.42 Å². The lowest BCUT2D eigenvalue weighted by molar-refractivity contribution is -0.114. The van der Waals surface area contributed by atoms with Crippen LogP contribution < -0.4 is 0 Å². The van der Waals surface area contributed by atoms with Gasteiger partial charge in [-0.05, 0) is 6.42 Å². The third-order valence-electron chi connectivity index (χ3n) is 3.79. The van der Waals surface area contributed by atoms with E-state index in [0.29, 0.717) is 17.8 Å². The Bertz CT molecular complexity index is 474. The van der Waals surface area contributed by atoms with Crippen LogP contribution in [0.25, 0.3) is 0 Å². The highest BCUT2D eigenvalue weighted by Gasteiger charge is 2.25. The molecule has 0 saturated heterocycles. The Hall–Kier alpha value is -1.20. The lowest BCUT2D eigenvalue weighted by atomic mass is 10.1. The van der Waals surface area contributed by atoms with Crippen LogP contribution in [0.15, 0.2) is 12.4 Å². The quantitative estimate of drug-likeness (QED) is 0.256. The predicted molar refractivity (Wildman–Crippen MR) is 87.5 cm³/mol. The summed E-state index contributed by atoms with van der Waals surface area (Å²) in [5.41, 5.74) is 0.930. The van der Waals surface area contributed by atoms with Gasteiger partial charge < -0.3 is 35.4 Å². The molecule has 0 aliphatic heterocycles. The van der Waals surface area contributed by atoms with E-state index in [-0.39, 0.29) is 6.42 Å². The van der Waals surface area contributed by atoms with Crippen LogP contribution in [-0.2, 0) is 11.2 Å². The third-order valence-corrected chi connectivity index (χ3v) is 3.79. The molecule has 1 rings (SSSR count). The molecule has 9 nitrogen and oxygen atoms in total. The Balaban J connectivity index is 2.80. The molecular weight excluding hydrogens is 332 g/mol. The highest BCUT2D eigenvalue weighted by atomic mass is 16.5. The molecule has 144 valence electrons. The number of nitrogens with zero attached hydrogens (tertiary/aromatic N) is 2. The second kappa shape index (κ2) is 11.4. The number of ether oxygens (including phenoxy) is 1. The van der Waals surface area contributed by atoms with Crippen molar-refractivity contribution >= 4 is 0 Å². The zero-order valence-electron chi connectivity index (χ0n) is 14.3. The van der Waals surface area contributed by atoms with Gasteiger partial charge in [0.1, 0.15) is 24.4 Å². The second-order valence-corrected chi connectivity index (χ2v) is 5.84. The van der Waals surface area contributed by atoms with Crippen LogP contribution in [0.2, 0.25) is 0 Å². The Kier molecular flexibility index (Phi) is 9.98. The predicted octanol–water partition coefficient (Wildman–Crippen LogP) is -1.69. The molecule has 5 atom stereocenters. The largest absolute Gasteiger partial charge is 0.394 e. The smallest absolute Gasteiger partial charge is 0.110 e. The fourth-order valence-corrected chi connectivity index (χ4v) is 2.24. The molecule has 1 aromatic heterocycles. The van der Waals surface area contributed by atoms with Crippen molar-refractivity contribution in [1.82, 2.24) is 9.97 Å². The fourth-order valence-electron chi connectivity index (χ4n) is 2.24. The van der Waals surface area contributed by atoms with Gasteiger partial charge in [0.15, 0.2) is 0 Å². The SMILES string of the molecule is CCC[C@@H](O[C@@H](CO)[C@@H](O)CO)c1cnc(C[C@H](O)[C@H](O)CO)cn1. The van der Waals surface area contributed by atoms with Crippen LogP contribution in [0.3, 0.4) is 0 Å². The first-order valence-electron chi connectivity index (χ1n) is 8.29. The maximum atomic E-state index is 9.69. The first-order valence-corrected chi connectivity index (χ1v) is 8.29. The summed E-state index contributed by atoms with van der Waals surface area (Å²) in [5, 5.41) is 55.8. The molecule has 1 heterocycles. The second-order valence-electron chi connectivity index (χ2n) is 5.84. The molecule has 0 aromatic carbocycles. The summed E-state index contributed by atoms with van der Waals surface area (Å²) in [7, 11) is 0. The minimum atomic E-state index is -1.25. The summed E-state index contributed by atoms with van der Waals surface area (Å²) in [6.07, 6.45) is -0.768. The van der Waals surface area contributed by atoms with E-state index in [1.807, 2.05) is 6.92 Å². The standard InChI is InChI=1S/C16H28N2O7/c1-2-3-15(25-16(9-21)14(24)8-20)11-6-17-10(5-18-11)4-12(22)13(23)7-19/h5-6,12-16,19-24H,2-4,7-9H2,1H3/t12-,13+,14-,15+,16-/m0/s1. The van der Waals surface area contributed by atoms with Gasteiger partial charge in [-0.2, -0.15) is 0 Å². The molecule has 0 aliphatic rings. The number of rotatable bonds is 12. The van der Waals surface area contributed by atoms with Crippen molar-refractivity contribution in [3.8, 4) is 0 Å². The molecule has 0 fully saturated rings. The van der Waals surface area contributed by atoms with Crippen molar-refractivity contribution in [2.75, 3.05) is 19.8 Å². The van der Waals surface area contributed by atoms with Gasteiger partial charge in [0.25, 0.3) is 0 Å². The molecule has 0 bridgehead atoms. The lowest BCUT2D eigenvalue weighted by Crippen LogP contribution is -2.36. The molecular formula is C16H28N2O7. The van der Waals surface area contributed by atoms with Gasteiger partial charge in [0, 0.05) is 12.6 Å². The average Bonchev–Trinajstić information content (AvgIpc) is 2.64. The van der Waals surface area contributed by atoms with E-state index in [2.05, 4.69) is 9.97 Å². The molecule has 6 N–H and O–H groups in total. The van der Waals surface area contributed by atoms with Crippen LogP contribution >= 0.6 is 0 Å². The van der Waals surface area contributed by atoms with E-state index in [1.54, 1.807) is 0 Å². The van der Waals surface area contributed by atoms with Crippen molar-refractivity contribution in [3.63, 3.8) is 0 Å². The number of aliphatic hydroxyl groups is 6. The van der Waals surface area contributed by atoms with Crippen LogP contribution in [-0.4, -0.2) is 84.8 Å². The minimum absolute atomic E-state index is 0.0385. The minimum Gasteiger partial charge on any atom is -0.394 e. The molecule has 9 heteroatoms. The van der Waals surface area contributed by atoms with Crippen LogP contribution in [0, 0.1) is 0 Å². The van der Waals surface area contributed by atoms with Crippen LogP contribution in [0.1, 0.15) is 37.3 Å². The van der Waals surface area contributed by atoms with E-state index in [4.69, 9.17) is 14.9 Å². The van der Waals surface area contributed by atoms with Crippen molar-refractivity contribution in [2.24, 2.45) is 0 Å². The summed E-state index contributed by atoms with van der Waals surface area (Å²) in [5.74, 6) is 0. The Morgan fingerprint density at radius 3 is 2.08 bits per heavy atom. The van der Waals surface area contributed by atoms with Gasteiger partial charge in [-0.15, -0.1) is 0 Å². The number of aromatic nitrogens is 2. The van der Waals surface area contributed by atoms with Gasteiger partial charge in [0.2, 0.25) is 0 Å². The summed E-state index contributed by atoms with van der Waals surface area (Å²) < 4.78 is 5.67. The molecule has 0 spiro atoms. The highest BCUT2D eigenvalue weighted by Crippen LogP contribution is 2.23. The molecule has 25 heavy (non-hydrogen) atoms. The van der Waals surface area contributed by atoms with Gasteiger partial charge in [-0.3, -0.25) is 9.97 Å². The Labute approximate surface area is 146 Å². The Morgan fingerprint density at radius 1 is 0.920 bits per heavy atom. The van der Waals surface area contributed by atoms with E-state index < -0.39 is 50.3 Å². The molecule has 0 radical (unpaired) electrons. The highest BCUT2D eigenvalue weighted by molar-refractivity contribution is 5.07. The first kappa shape index (κ1) is 21.8. The van der Waals surface area contributed by atoms with Gasteiger partial charge in [-0.25, -0.2) is 0 Å². The average molecular weight is 360 g/mol. The molecule has 0 amide bonds. The summed E-state index contributed by atoms with van der Waals surface area (Å²) >= 11 is 0. The van der Waals surface area contributed by atoms with E-state index in [1.165, 1.54) is 12.4 Å². The Morgan fingerprint density at radius 2 is 1.60 bits per heavy atom. The zero-order chi connectivity index (χ0) is 18.8. The molecule has 1 aromatic rings. The van der Waals surface area contributed by atoms with Crippen LogP contribution in [0.5, 0.6) is 0 Å². The monoisotopic (exact) mass is 360 g/mol. The molecule has 0 aliphatic carbocycles. The van der Waals surface area contributed by atoms with E-state index >= 15 is 0 Å². The number of hydrogen-bond donors (Lipinski definition) is 6. The first-order chi connectivity index (χ1) is 12.0. The fraction of sp³-hybridized carbons (Fsp3) is 0.750. The zero-order valence-corrected chi connectivity index (χ0v) is 14.3. The molecule has 0 saturated carbocycles. The third kappa shape index (κ3) is 6.90. The summed E-state index contributed by atoms with van der Waals surface area (Å²) in [6, 6.07) is 0. The lowest BCUT2D eigenvalue weighted by Gasteiger charge is -2.25. The van der Waals surface area contributed by atoms with Crippen LogP contribution in [0.4, 0.5) is 0 Å². The van der Waals surface area contributed by atoms with Crippen molar-refractivity contribution < 1.29 is 35.4 Å². The van der Waals surface area contributed by atoms with Gasteiger partial charge >= 0.3 is 0 Å². The number of aliphatic hydroxyl groups excluding tert-OH is 6. The van der Waals surface area contributed by atoms with Gasteiger partial charge in [0.05, 0.1) is 43.5 Å². The normalized spacial score (nSPS) is 17.7. The topological polar surface area (TPSA) is 156 Å². The van der Waals surface area contributed by atoms with Crippen molar-refractivity contribution in [2.45, 2.75) is 56.7 Å². The number of hydrogen-bond acceptors (Lipinski definition) is 9. The maximum absolute atomic E-state index is 9.69. The molecule has 0 unspecified atom stereocenters. The van der Waals surface area contributed by atoms with Crippen molar-refractivity contribution in [1.29, 1.82) is 0 Å². The van der Waals surface area contributed by atoms with E-state index in [9.17, 15) is 20.4 Å². The summed E-state index contributed by atoms with van der Waals surface area (Å²) in [6.45, 7) is 0.425. The maximum Gasteiger partial charge on any atom is 0.110 e. The van der Waals surface area contributed by atoms with Crippen molar-refractivity contribution in [3.05, 3.63) is 23.8 Å². The van der Waals surface area contributed by atoms with Gasteiger partial charge in [-0.1, -0.05) is 13.3 Å². The summed E-state index contributed by atoms with van der Waals surface area (Å²) in [4.78, 5) is 8.41.